The topological polar surface area (TPSA) is 78.3 Å². The molecule has 4 rings (SSSR count). The van der Waals surface area contributed by atoms with Crippen molar-refractivity contribution in [2.24, 2.45) is 0 Å². The monoisotopic (exact) mass is 332 g/mol. The minimum absolute atomic E-state index is 0.0644. The van der Waals surface area contributed by atoms with E-state index in [2.05, 4.69) is 25.1 Å². The van der Waals surface area contributed by atoms with Crippen molar-refractivity contribution in [3.63, 3.8) is 0 Å². The van der Waals surface area contributed by atoms with Gasteiger partial charge in [0, 0.05) is 11.8 Å². The van der Waals surface area contributed by atoms with Crippen LogP contribution >= 0.6 is 0 Å². The van der Waals surface area contributed by atoms with E-state index in [1.807, 2.05) is 12.1 Å². The highest BCUT2D eigenvalue weighted by Crippen LogP contribution is 2.42. The number of hydrogen-bond acceptors (Lipinski definition) is 5. The summed E-state index contributed by atoms with van der Waals surface area (Å²) >= 11 is 0. The molecule has 1 amide bonds. The van der Waals surface area contributed by atoms with E-state index in [9.17, 15) is 13.6 Å². The van der Waals surface area contributed by atoms with Crippen molar-refractivity contribution in [2.75, 3.05) is 5.32 Å². The third-order valence-corrected chi connectivity index (χ3v) is 3.40. The third kappa shape index (κ3) is 2.60. The van der Waals surface area contributed by atoms with E-state index < -0.39 is 6.29 Å². The Morgan fingerprint density at radius 3 is 2.83 bits per heavy atom. The number of hydrogen-bond donors (Lipinski definition) is 1. The molecular weight excluding hydrogens is 322 g/mol. The molecule has 3 aromatic rings. The number of carbonyl (C=O) groups is 1. The lowest BCUT2D eigenvalue weighted by Crippen LogP contribution is -2.25. The van der Waals surface area contributed by atoms with E-state index in [-0.39, 0.29) is 24.0 Å². The van der Waals surface area contributed by atoms with E-state index in [0.29, 0.717) is 11.2 Å². The number of nitrogens with one attached hydrogen (secondary N) is 1. The van der Waals surface area contributed by atoms with Crippen LogP contribution in [0.25, 0.3) is 11.0 Å². The lowest BCUT2D eigenvalue weighted by Gasteiger charge is -2.06. The number of rotatable bonds is 3. The molecule has 0 saturated carbocycles. The van der Waals surface area contributed by atoms with Gasteiger partial charge in [0.2, 0.25) is 5.91 Å². The van der Waals surface area contributed by atoms with Crippen molar-refractivity contribution in [3.05, 3.63) is 42.5 Å². The summed E-state index contributed by atoms with van der Waals surface area (Å²) < 4.78 is 36.1. The van der Waals surface area contributed by atoms with E-state index in [1.54, 1.807) is 12.1 Å². The van der Waals surface area contributed by atoms with Gasteiger partial charge in [-0.15, -0.1) is 13.9 Å². The summed E-state index contributed by atoms with van der Waals surface area (Å²) in [6.07, 6.45) is -3.69. The largest absolute Gasteiger partial charge is 0.586 e. The first-order valence-electron chi connectivity index (χ1n) is 6.98. The van der Waals surface area contributed by atoms with Crippen molar-refractivity contribution in [2.45, 2.75) is 12.8 Å². The predicted octanol–water partition coefficient (Wildman–Crippen LogP) is 2.39. The number of ether oxygens (including phenoxy) is 2. The molecule has 7 nitrogen and oxygen atoms in total. The zero-order valence-electron chi connectivity index (χ0n) is 12.1. The number of benzene rings is 2. The summed E-state index contributed by atoms with van der Waals surface area (Å²) in [5, 5.41) is 10.5. The van der Waals surface area contributed by atoms with Crippen molar-refractivity contribution in [1.29, 1.82) is 0 Å². The predicted molar refractivity (Wildman–Crippen MR) is 78.8 cm³/mol. The van der Waals surface area contributed by atoms with Crippen LogP contribution in [0.4, 0.5) is 14.5 Å². The molecule has 1 aliphatic heterocycles. The Morgan fingerprint density at radius 1 is 1.17 bits per heavy atom. The van der Waals surface area contributed by atoms with E-state index in [0.717, 1.165) is 5.52 Å². The molecule has 2 heterocycles. The Labute approximate surface area is 133 Å². The average Bonchev–Trinajstić information content (AvgIpc) is 3.06. The Morgan fingerprint density at radius 2 is 1.96 bits per heavy atom. The van der Waals surface area contributed by atoms with E-state index in [1.165, 1.54) is 22.9 Å². The normalized spacial score (nSPS) is 14.8. The maximum atomic E-state index is 13.0. The molecule has 1 N–H and O–H groups in total. The molecule has 0 fully saturated rings. The zero-order valence-corrected chi connectivity index (χ0v) is 12.1. The van der Waals surface area contributed by atoms with Crippen LogP contribution in [-0.2, 0) is 11.3 Å². The molecule has 2 aromatic carbocycles. The second-order valence-electron chi connectivity index (χ2n) is 5.11. The van der Waals surface area contributed by atoms with Crippen LogP contribution in [0.5, 0.6) is 11.5 Å². The van der Waals surface area contributed by atoms with Crippen LogP contribution in [0.3, 0.4) is 0 Å². The van der Waals surface area contributed by atoms with Crippen molar-refractivity contribution in [3.8, 4) is 11.5 Å². The van der Waals surface area contributed by atoms with Gasteiger partial charge in [-0.2, -0.15) is 0 Å². The zero-order chi connectivity index (χ0) is 16.7. The molecule has 0 atom stereocenters. The van der Waals surface area contributed by atoms with Crippen LogP contribution in [-0.4, -0.2) is 27.2 Å². The van der Waals surface area contributed by atoms with Crippen molar-refractivity contribution < 1.29 is 23.0 Å². The summed E-state index contributed by atoms with van der Waals surface area (Å²) in [4.78, 5) is 12.1. The fourth-order valence-corrected chi connectivity index (χ4v) is 2.40. The maximum Gasteiger partial charge on any atom is 0.586 e. The van der Waals surface area contributed by atoms with Crippen LogP contribution < -0.4 is 14.8 Å². The summed E-state index contributed by atoms with van der Waals surface area (Å²) in [7, 11) is 0. The van der Waals surface area contributed by atoms with Gasteiger partial charge >= 0.3 is 6.29 Å². The van der Waals surface area contributed by atoms with Gasteiger partial charge in [0.1, 0.15) is 12.1 Å². The molecule has 0 radical (unpaired) electrons. The van der Waals surface area contributed by atoms with E-state index >= 15 is 0 Å². The van der Waals surface area contributed by atoms with Gasteiger partial charge in [0.15, 0.2) is 11.5 Å². The summed E-state index contributed by atoms with van der Waals surface area (Å²) in [6.45, 7) is -0.0644. The molecule has 0 aliphatic carbocycles. The highest BCUT2D eigenvalue weighted by molar-refractivity contribution is 5.91. The van der Waals surface area contributed by atoms with Crippen LogP contribution in [0.15, 0.2) is 42.5 Å². The maximum absolute atomic E-state index is 13.0. The van der Waals surface area contributed by atoms with Crippen molar-refractivity contribution >= 4 is 22.6 Å². The molecule has 122 valence electrons. The first kappa shape index (κ1) is 14.4. The Kier molecular flexibility index (Phi) is 3.08. The summed E-state index contributed by atoms with van der Waals surface area (Å²) in [5.74, 6) is -0.597. The second kappa shape index (κ2) is 5.15. The molecular formula is C15H10F2N4O3. The molecule has 0 unspecified atom stereocenters. The molecule has 0 bridgehead atoms. The molecule has 0 saturated heterocycles. The second-order valence-corrected chi connectivity index (χ2v) is 5.11. The smallest absolute Gasteiger partial charge is 0.395 e. The summed E-state index contributed by atoms with van der Waals surface area (Å²) in [5.41, 5.74) is 1.71. The Bertz CT molecular complexity index is 941. The number of fused-ring (bicyclic) bond motifs is 2. The molecule has 1 aromatic heterocycles. The molecule has 0 spiro atoms. The number of para-hydroxylation sites is 1. The van der Waals surface area contributed by atoms with Crippen LogP contribution in [0.2, 0.25) is 0 Å². The lowest BCUT2D eigenvalue weighted by molar-refractivity contribution is -0.286. The van der Waals surface area contributed by atoms with Crippen molar-refractivity contribution in [1.82, 2.24) is 15.0 Å². The highest BCUT2D eigenvalue weighted by atomic mass is 19.3. The van der Waals surface area contributed by atoms with Crippen LogP contribution in [0, 0.1) is 0 Å². The number of nitrogens with zero attached hydrogens (tertiary/aromatic N) is 3. The average molecular weight is 332 g/mol. The quantitative estimate of drug-likeness (QED) is 0.797. The van der Waals surface area contributed by atoms with Gasteiger partial charge in [0.25, 0.3) is 0 Å². The van der Waals surface area contributed by atoms with E-state index in [4.69, 9.17) is 0 Å². The molecule has 9 heteroatoms. The SMILES string of the molecule is O=C(Cn1nnc2ccccc21)Nc1ccc2c(c1)OC(F)(F)O2. The highest BCUT2D eigenvalue weighted by Gasteiger charge is 2.43. The first-order valence-corrected chi connectivity index (χ1v) is 6.98. The van der Waals surface area contributed by atoms with Gasteiger partial charge in [-0.05, 0) is 24.3 Å². The van der Waals surface area contributed by atoms with Gasteiger partial charge in [-0.25, -0.2) is 4.68 Å². The lowest BCUT2D eigenvalue weighted by atomic mass is 10.2. The Hall–Kier alpha value is -3.23. The van der Waals surface area contributed by atoms with Gasteiger partial charge in [0.05, 0.1) is 5.52 Å². The Balaban J connectivity index is 1.49. The van der Waals surface area contributed by atoms with Crippen LogP contribution in [0.1, 0.15) is 0 Å². The number of halogens is 2. The number of amides is 1. The van der Waals surface area contributed by atoms with Gasteiger partial charge in [-0.3, -0.25) is 4.79 Å². The minimum Gasteiger partial charge on any atom is -0.395 e. The van der Waals surface area contributed by atoms with Gasteiger partial charge in [-0.1, -0.05) is 17.3 Å². The number of aromatic nitrogens is 3. The number of carbonyl (C=O) groups excluding carboxylic acids is 1. The summed E-state index contributed by atoms with van der Waals surface area (Å²) in [6, 6.07) is 11.2. The minimum atomic E-state index is -3.69. The standard InChI is InChI=1S/C15H10F2N4O3/c16-15(17)23-12-6-5-9(7-13(12)24-15)18-14(22)8-21-11-4-2-1-3-10(11)19-20-21/h1-7H,8H2,(H,18,22). The number of anilines is 1. The van der Waals surface area contributed by atoms with Gasteiger partial charge < -0.3 is 14.8 Å². The molecule has 1 aliphatic rings. The third-order valence-electron chi connectivity index (χ3n) is 3.40. The number of alkyl halides is 2. The first-order chi connectivity index (χ1) is 11.5. The fourth-order valence-electron chi connectivity index (χ4n) is 2.40. The molecule has 24 heavy (non-hydrogen) atoms. The fraction of sp³-hybridized carbons (Fsp3) is 0.133.